The molecule has 0 saturated heterocycles. The molecule has 0 unspecified atom stereocenters. The molecule has 3 amide bonds. The van der Waals surface area contributed by atoms with E-state index in [1.165, 1.54) is 35.4 Å². The molecule has 0 atom stereocenters. The van der Waals surface area contributed by atoms with Crippen LogP contribution >= 0.6 is 0 Å². The summed E-state index contributed by atoms with van der Waals surface area (Å²) >= 11 is 0. The van der Waals surface area contributed by atoms with Gasteiger partial charge in [0, 0.05) is 42.7 Å². The first kappa shape index (κ1) is 24.9. The molecule has 2 aromatic carbocycles. The molecule has 0 radical (unpaired) electrons. The van der Waals surface area contributed by atoms with Crippen molar-refractivity contribution in [3.63, 3.8) is 0 Å². The summed E-state index contributed by atoms with van der Waals surface area (Å²) in [6.45, 7) is 0. The second-order valence-electron chi connectivity index (χ2n) is 8.26. The van der Waals surface area contributed by atoms with Crippen molar-refractivity contribution in [3.05, 3.63) is 96.4 Å². The fraction of sp³-hybridized carbons (Fsp3) is 0.0741. The first-order valence-electron chi connectivity index (χ1n) is 11.2. The Morgan fingerprint density at radius 3 is 2.00 bits per heavy atom. The number of pyridine rings is 2. The van der Waals surface area contributed by atoms with Gasteiger partial charge in [0.2, 0.25) is 0 Å². The molecule has 10 nitrogen and oxygen atoms in total. The minimum atomic E-state index is -1.18. The average Bonchev–Trinajstić information content (AvgIpc) is 2.89. The Hall–Kier alpha value is -5.25. The molecule has 0 saturated carbocycles. The van der Waals surface area contributed by atoms with Crippen LogP contribution in [0.25, 0.3) is 11.1 Å². The monoisotopic (exact) mass is 496 g/mol. The lowest BCUT2D eigenvalue weighted by molar-refractivity contribution is 0.0827. The minimum absolute atomic E-state index is 0.0535. The maximum atomic E-state index is 12.6. The summed E-state index contributed by atoms with van der Waals surface area (Å²) in [7, 11) is 3.43. The van der Waals surface area contributed by atoms with Gasteiger partial charge in [-0.15, -0.1) is 0 Å². The number of hydrogen-bond donors (Lipinski definition) is 4. The highest BCUT2D eigenvalue weighted by molar-refractivity contribution is 6.04. The third kappa shape index (κ3) is 6.45. The number of nitrogens with zero attached hydrogens (tertiary/aromatic N) is 3. The van der Waals surface area contributed by atoms with Gasteiger partial charge in [0.1, 0.15) is 5.82 Å². The van der Waals surface area contributed by atoms with Crippen molar-refractivity contribution in [2.24, 2.45) is 0 Å². The van der Waals surface area contributed by atoms with Crippen molar-refractivity contribution in [2.75, 3.05) is 30.0 Å². The Balaban J connectivity index is 1.39. The highest BCUT2D eigenvalue weighted by atomic mass is 16.4. The van der Waals surface area contributed by atoms with E-state index >= 15 is 0 Å². The third-order valence-electron chi connectivity index (χ3n) is 5.30. The SMILES string of the molecule is CN(C)C(=O)c1ccc(-c2ccc(Nc3cncc(NC(=O)c4ccc(NC(=O)O)cc4)c3)nc2)cc1. The normalized spacial score (nSPS) is 10.3. The van der Waals surface area contributed by atoms with E-state index in [1.54, 1.807) is 44.7 Å². The molecule has 4 rings (SSSR count). The largest absolute Gasteiger partial charge is 0.465 e. The second kappa shape index (κ2) is 11.0. The van der Waals surface area contributed by atoms with Crippen LogP contribution in [-0.4, -0.2) is 52.0 Å². The fourth-order valence-electron chi connectivity index (χ4n) is 3.46. The number of carbonyl (C=O) groups is 3. The minimum Gasteiger partial charge on any atom is -0.465 e. The predicted octanol–water partition coefficient (Wildman–Crippen LogP) is 4.93. The summed E-state index contributed by atoms with van der Waals surface area (Å²) in [6.07, 6.45) is 3.68. The predicted molar refractivity (Wildman–Crippen MR) is 141 cm³/mol. The van der Waals surface area contributed by atoms with E-state index in [1.807, 2.05) is 24.3 Å². The summed E-state index contributed by atoms with van der Waals surface area (Å²) in [4.78, 5) is 45.5. The van der Waals surface area contributed by atoms with Gasteiger partial charge in [-0.3, -0.25) is 19.9 Å². The topological polar surface area (TPSA) is 137 Å². The van der Waals surface area contributed by atoms with E-state index in [4.69, 9.17) is 5.11 Å². The van der Waals surface area contributed by atoms with E-state index in [9.17, 15) is 14.4 Å². The van der Waals surface area contributed by atoms with Crippen LogP contribution in [0.1, 0.15) is 20.7 Å². The fourth-order valence-corrected chi connectivity index (χ4v) is 3.46. The Bertz CT molecular complexity index is 1420. The number of carbonyl (C=O) groups excluding carboxylic acids is 2. The summed E-state index contributed by atoms with van der Waals surface area (Å²) in [5.74, 6) is 0.179. The number of amides is 3. The first-order chi connectivity index (χ1) is 17.8. The molecule has 0 aliphatic carbocycles. The van der Waals surface area contributed by atoms with Crippen molar-refractivity contribution in [1.29, 1.82) is 0 Å². The summed E-state index contributed by atoms with van der Waals surface area (Å²) in [5, 5.41) is 16.9. The van der Waals surface area contributed by atoms with Crippen molar-refractivity contribution < 1.29 is 19.5 Å². The molecule has 0 bridgehead atoms. The van der Waals surface area contributed by atoms with Gasteiger partial charge in [-0.1, -0.05) is 12.1 Å². The molecule has 4 N–H and O–H groups in total. The van der Waals surface area contributed by atoms with Crippen LogP contribution < -0.4 is 16.0 Å². The number of aromatic nitrogens is 2. The Kier molecular flexibility index (Phi) is 7.39. The molecule has 0 spiro atoms. The van der Waals surface area contributed by atoms with Gasteiger partial charge in [-0.05, 0) is 60.2 Å². The molecule has 2 heterocycles. The molecular weight excluding hydrogens is 472 g/mol. The molecule has 10 heteroatoms. The molecule has 4 aromatic rings. The lowest BCUT2D eigenvalue weighted by Crippen LogP contribution is -2.21. The second-order valence-corrected chi connectivity index (χ2v) is 8.26. The Morgan fingerprint density at radius 2 is 1.38 bits per heavy atom. The number of carboxylic acid groups (broad SMARTS) is 1. The molecule has 2 aromatic heterocycles. The van der Waals surface area contributed by atoms with Crippen LogP contribution in [0.4, 0.5) is 27.7 Å². The highest BCUT2D eigenvalue weighted by Gasteiger charge is 2.10. The smallest absolute Gasteiger partial charge is 0.409 e. The van der Waals surface area contributed by atoms with Crippen LogP contribution in [0.2, 0.25) is 0 Å². The molecule has 186 valence electrons. The van der Waals surface area contributed by atoms with Crippen LogP contribution in [0.15, 0.2) is 85.3 Å². The Labute approximate surface area is 213 Å². The lowest BCUT2D eigenvalue weighted by atomic mass is 10.1. The maximum absolute atomic E-state index is 12.6. The van der Waals surface area contributed by atoms with Crippen LogP contribution in [0.5, 0.6) is 0 Å². The van der Waals surface area contributed by atoms with Crippen molar-refractivity contribution >= 4 is 40.8 Å². The number of nitrogens with one attached hydrogen (secondary N) is 3. The van der Waals surface area contributed by atoms with Gasteiger partial charge < -0.3 is 20.6 Å². The Morgan fingerprint density at radius 1 is 0.730 bits per heavy atom. The standard InChI is InChI=1S/C27H24N6O4/c1-33(2)26(35)19-5-3-17(4-6-19)20-9-12-24(29-14-20)30-22-13-23(16-28-15-22)31-25(34)18-7-10-21(11-8-18)32-27(36)37/h3-16,32H,1-2H3,(H,29,30)(H,31,34)(H,36,37). The van der Waals surface area contributed by atoms with E-state index < -0.39 is 6.09 Å². The quantitative estimate of drug-likeness (QED) is 0.285. The molecular formula is C27H24N6O4. The number of benzene rings is 2. The van der Waals surface area contributed by atoms with E-state index in [2.05, 4.69) is 25.9 Å². The third-order valence-corrected chi connectivity index (χ3v) is 5.30. The van der Waals surface area contributed by atoms with Crippen molar-refractivity contribution in [1.82, 2.24) is 14.9 Å². The first-order valence-corrected chi connectivity index (χ1v) is 11.2. The lowest BCUT2D eigenvalue weighted by Gasteiger charge is -2.11. The summed E-state index contributed by atoms with van der Waals surface area (Å²) in [5.41, 5.74) is 4.30. The van der Waals surface area contributed by atoms with Gasteiger partial charge in [-0.2, -0.15) is 0 Å². The van der Waals surface area contributed by atoms with Crippen LogP contribution in [0.3, 0.4) is 0 Å². The van der Waals surface area contributed by atoms with Crippen LogP contribution in [0, 0.1) is 0 Å². The van der Waals surface area contributed by atoms with Gasteiger partial charge in [0.15, 0.2) is 0 Å². The van der Waals surface area contributed by atoms with E-state index in [0.29, 0.717) is 34.0 Å². The van der Waals surface area contributed by atoms with E-state index in [0.717, 1.165) is 11.1 Å². The van der Waals surface area contributed by atoms with Gasteiger partial charge in [0.25, 0.3) is 11.8 Å². The number of anilines is 4. The van der Waals surface area contributed by atoms with Gasteiger partial charge in [0.05, 0.1) is 23.8 Å². The zero-order valence-corrected chi connectivity index (χ0v) is 20.1. The van der Waals surface area contributed by atoms with Gasteiger partial charge >= 0.3 is 6.09 Å². The summed E-state index contributed by atoms with van der Waals surface area (Å²) < 4.78 is 0. The number of rotatable bonds is 7. The zero-order chi connectivity index (χ0) is 26.4. The van der Waals surface area contributed by atoms with Crippen molar-refractivity contribution in [2.45, 2.75) is 0 Å². The number of hydrogen-bond acceptors (Lipinski definition) is 6. The van der Waals surface area contributed by atoms with Crippen molar-refractivity contribution in [3.8, 4) is 11.1 Å². The van der Waals surface area contributed by atoms with E-state index in [-0.39, 0.29) is 11.8 Å². The summed E-state index contributed by atoms with van der Waals surface area (Å²) in [6, 6.07) is 18.9. The molecule has 0 aliphatic heterocycles. The zero-order valence-electron chi connectivity index (χ0n) is 20.1. The van der Waals surface area contributed by atoms with Crippen LogP contribution in [-0.2, 0) is 0 Å². The molecule has 37 heavy (non-hydrogen) atoms. The maximum Gasteiger partial charge on any atom is 0.409 e. The average molecular weight is 497 g/mol. The van der Waals surface area contributed by atoms with Gasteiger partial charge in [-0.25, -0.2) is 9.78 Å². The molecule has 0 fully saturated rings. The highest BCUT2D eigenvalue weighted by Crippen LogP contribution is 2.23. The molecule has 0 aliphatic rings.